The number of aromatic nitrogens is 1. The van der Waals surface area contributed by atoms with Gasteiger partial charge in [0, 0.05) is 49.4 Å². The van der Waals surface area contributed by atoms with E-state index in [1.807, 2.05) is 30.3 Å². The van der Waals surface area contributed by atoms with Gasteiger partial charge in [0.1, 0.15) is 5.82 Å². The second kappa shape index (κ2) is 8.63. The first-order chi connectivity index (χ1) is 14.5. The first-order valence-electron chi connectivity index (χ1n) is 9.58. The molecule has 2 amide bonds. The molecular weight excluding hydrogens is 405 g/mol. The van der Waals surface area contributed by atoms with Crippen molar-refractivity contribution in [3.8, 4) is 0 Å². The summed E-state index contributed by atoms with van der Waals surface area (Å²) in [6.45, 7) is 1.62. The summed E-state index contributed by atoms with van der Waals surface area (Å²) in [5, 5.41) is 1.10. The van der Waals surface area contributed by atoms with Gasteiger partial charge in [-0.3, -0.25) is 14.6 Å². The van der Waals surface area contributed by atoms with Crippen molar-refractivity contribution in [1.29, 1.82) is 0 Å². The van der Waals surface area contributed by atoms with Gasteiger partial charge in [0.15, 0.2) is 0 Å². The monoisotopic (exact) mass is 423 g/mol. The fourth-order valence-electron chi connectivity index (χ4n) is 3.49. The van der Waals surface area contributed by atoms with Gasteiger partial charge in [-0.2, -0.15) is 0 Å². The third-order valence-electron chi connectivity index (χ3n) is 5.11. The Hall–Kier alpha value is -3.25. The van der Waals surface area contributed by atoms with Crippen LogP contribution in [0, 0.1) is 5.82 Å². The molecule has 7 heteroatoms. The Balaban J connectivity index is 1.39. The summed E-state index contributed by atoms with van der Waals surface area (Å²) in [4.78, 5) is 32.9. The van der Waals surface area contributed by atoms with E-state index in [4.69, 9.17) is 11.6 Å². The van der Waals surface area contributed by atoms with Gasteiger partial charge in [-0.05, 0) is 30.3 Å². The molecule has 1 aromatic heterocycles. The molecule has 1 aliphatic rings. The fraction of sp³-hybridized carbons (Fsp3) is 0.174. The van der Waals surface area contributed by atoms with E-state index < -0.39 is 5.82 Å². The highest BCUT2D eigenvalue weighted by Gasteiger charge is 2.25. The zero-order chi connectivity index (χ0) is 21.1. The van der Waals surface area contributed by atoms with Gasteiger partial charge < -0.3 is 9.80 Å². The Morgan fingerprint density at radius 1 is 1.00 bits per heavy atom. The maximum Gasteiger partial charge on any atom is 0.255 e. The summed E-state index contributed by atoms with van der Waals surface area (Å²) in [5.74, 6) is -0.862. The van der Waals surface area contributed by atoms with Gasteiger partial charge in [0.05, 0.1) is 16.1 Å². The maximum atomic E-state index is 13.2. The van der Waals surface area contributed by atoms with Gasteiger partial charge >= 0.3 is 0 Å². The van der Waals surface area contributed by atoms with Crippen molar-refractivity contribution >= 4 is 40.4 Å². The van der Waals surface area contributed by atoms with Crippen molar-refractivity contribution in [3.63, 3.8) is 0 Å². The molecule has 152 valence electrons. The molecule has 0 spiro atoms. The van der Waals surface area contributed by atoms with Gasteiger partial charge in [-0.1, -0.05) is 35.9 Å². The number of carbonyl (C=O) groups excluding carboxylic acids is 2. The van der Waals surface area contributed by atoms with Crippen LogP contribution in [0.1, 0.15) is 15.9 Å². The summed E-state index contributed by atoms with van der Waals surface area (Å²) >= 11 is 6.00. The smallest absolute Gasteiger partial charge is 0.255 e. The number of fused-ring (bicyclic) bond motifs is 1. The summed E-state index contributed by atoms with van der Waals surface area (Å²) in [6.07, 6.45) is 5.04. The summed E-state index contributed by atoms with van der Waals surface area (Å²) < 4.78 is 13.2. The molecule has 0 atom stereocenters. The van der Waals surface area contributed by atoms with E-state index in [1.165, 1.54) is 18.2 Å². The van der Waals surface area contributed by atoms with Gasteiger partial charge in [-0.25, -0.2) is 4.39 Å². The molecule has 0 saturated carbocycles. The lowest BCUT2D eigenvalue weighted by Crippen LogP contribution is -2.50. The second-order valence-corrected chi connectivity index (χ2v) is 7.40. The van der Waals surface area contributed by atoms with Crippen molar-refractivity contribution in [1.82, 2.24) is 14.8 Å². The summed E-state index contributed by atoms with van der Waals surface area (Å²) in [6, 6.07) is 13.4. The maximum absolute atomic E-state index is 13.2. The van der Waals surface area contributed by atoms with Crippen molar-refractivity contribution in [3.05, 3.63) is 82.8 Å². The Labute approximate surface area is 178 Å². The molecular formula is C23H19ClFN3O2. The first kappa shape index (κ1) is 20.0. The molecule has 4 rings (SSSR count). The van der Waals surface area contributed by atoms with Crippen LogP contribution < -0.4 is 0 Å². The number of nitrogens with zero attached hydrogens (tertiary/aromatic N) is 3. The van der Waals surface area contributed by atoms with Crippen LogP contribution in [-0.4, -0.2) is 52.8 Å². The molecule has 5 nitrogen and oxygen atoms in total. The predicted octanol–water partition coefficient (Wildman–Crippen LogP) is 4.03. The Kier molecular flexibility index (Phi) is 5.77. The summed E-state index contributed by atoms with van der Waals surface area (Å²) in [7, 11) is 0. The van der Waals surface area contributed by atoms with Crippen LogP contribution in [-0.2, 0) is 4.79 Å². The number of piperazine rings is 1. The zero-order valence-corrected chi connectivity index (χ0v) is 16.8. The van der Waals surface area contributed by atoms with E-state index in [-0.39, 0.29) is 22.4 Å². The normalized spacial score (nSPS) is 14.5. The Morgan fingerprint density at radius 2 is 1.73 bits per heavy atom. The standard InChI is InChI=1S/C23H19ClFN3O2/c24-20-15-18(25)7-8-19(20)23(30)28-13-11-27(12-14-28)21(29)9-6-17-4-1-3-16-5-2-10-26-22(16)17/h1-10,15H,11-14H2/b9-6+. The van der Waals surface area contributed by atoms with Gasteiger partial charge in [0.25, 0.3) is 5.91 Å². The number of carbonyl (C=O) groups is 2. The van der Waals surface area contributed by atoms with Crippen molar-refractivity contribution < 1.29 is 14.0 Å². The van der Waals surface area contributed by atoms with E-state index in [0.29, 0.717) is 26.2 Å². The minimum atomic E-state index is -0.486. The molecule has 1 fully saturated rings. The Morgan fingerprint density at radius 3 is 2.50 bits per heavy atom. The van der Waals surface area contributed by atoms with Gasteiger partial charge in [0.2, 0.25) is 5.91 Å². The van der Waals surface area contributed by atoms with Crippen LogP contribution in [0.2, 0.25) is 5.02 Å². The fourth-order valence-corrected chi connectivity index (χ4v) is 3.74. The number of hydrogen-bond acceptors (Lipinski definition) is 3. The Bertz CT molecular complexity index is 1140. The number of para-hydroxylation sites is 1. The predicted molar refractivity (Wildman–Crippen MR) is 115 cm³/mol. The van der Waals surface area contributed by atoms with Crippen LogP contribution in [0.25, 0.3) is 17.0 Å². The number of rotatable bonds is 3. The third kappa shape index (κ3) is 4.19. The highest BCUT2D eigenvalue weighted by molar-refractivity contribution is 6.33. The lowest BCUT2D eigenvalue weighted by molar-refractivity contribution is -0.127. The van der Waals surface area contributed by atoms with E-state index >= 15 is 0 Å². The minimum Gasteiger partial charge on any atom is -0.336 e. The molecule has 1 saturated heterocycles. The van der Waals surface area contributed by atoms with Crippen LogP contribution in [0.4, 0.5) is 4.39 Å². The van der Waals surface area contributed by atoms with Crippen LogP contribution >= 0.6 is 11.6 Å². The second-order valence-electron chi connectivity index (χ2n) is 7.00. The SMILES string of the molecule is O=C(/C=C/c1cccc2cccnc12)N1CCN(C(=O)c2ccc(F)cc2Cl)CC1. The molecule has 0 aliphatic carbocycles. The average molecular weight is 424 g/mol. The molecule has 0 bridgehead atoms. The molecule has 0 N–H and O–H groups in total. The molecule has 1 aliphatic heterocycles. The first-order valence-corrected chi connectivity index (χ1v) is 9.96. The van der Waals surface area contributed by atoms with Crippen LogP contribution in [0.15, 0.2) is 60.8 Å². The molecule has 2 heterocycles. The summed E-state index contributed by atoms with van der Waals surface area (Å²) in [5.41, 5.74) is 1.98. The topological polar surface area (TPSA) is 53.5 Å². The highest BCUT2D eigenvalue weighted by atomic mass is 35.5. The minimum absolute atomic E-state index is 0.0881. The molecule has 30 heavy (non-hydrogen) atoms. The van der Waals surface area contributed by atoms with Crippen LogP contribution in [0.3, 0.4) is 0 Å². The number of hydrogen-bond donors (Lipinski definition) is 0. The third-order valence-corrected chi connectivity index (χ3v) is 5.42. The van der Waals surface area contributed by atoms with E-state index in [9.17, 15) is 14.0 Å². The lowest BCUT2D eigenvalue weighted by Gasteiger charge is -2.34. The molecule has 0 unspecified atom stereocenters. The quantitative estimate of drug-likeness (QED) is 0.598. The van der Waals surface area contributed by atoms with E-state index in [2.05, 4.69) is 4.98 Å². The van der Waals surface area contributed by atoms with E-state index in [1.54, 1.807) is 22.1 Å². The largest absolute Gasteiger partial charge is 0.336 e. The molecule has 0 radical (unpaired) electrons. The van der Waals surface area contributed by atoms with Crippen molar-refractivity contribution in [2.45, 2.75) is 0 Å². The van der Waals surface area contributed by atoms with E-state index in [0.717, 1.165) is 22.5 Å². The average Bonchev–Trinajstić information content (AvgIpc) is 2.77. The highest BCUT2D eigenvalue weighted by Crippen LogP contribution is 2.20. The zero-order valence-electron chi connectivity index (χ0n) is 16.1. The van der Waals surface area contributed by atoms with Gasteiger partial charge in [-0.15, -0.1) is 0 Å². The number of pyridine rings is 1. The molecule has 2 aromatic carbocycles. The van der Waals surface area contributed by atoms with Crippen LogP contribution in [0.5, 0.6) is 0 Å². The number of amides is 2. The molecule has 3 aromatic rings. The van der Waals surface area contributed by atoms with Crippen molar-refractivity contribution in [2.24, 2.45) is 0 Å². The number of halogens is 2. The van der Waals surface area contributed by atoms with Crippen molar-refractivity contribution in [2.75, 3.05) is 26.2 Å². The number of benzene rings is 2. The lowest BCUT2D eigenvalue weighted by atomic mass is 10.1.